The number of nitrogens with zero attached hydrogens (tertiary/aromatic N) is 1. The fraction of sp³-hybridized carbons (Fsp3) is 0.294. The first-order valence-electron chi connectivity index (χ1n) is 7.88. The monoisotopic (exact) mass is 396 g/mol. The molecule has 2 rings (SSSR count). The number of furan rings is 1. The Morgan fingerprint density at radius 2 is 2.00 bits per heavy atom. The van der Waals surface area contributed by atoms with Crippen LogP contribution in [0.2, 0.25) is 0 Å². The van der Waals surface area contributed by atoms with Crippen molar-refractivity contribution < 1.29 is 32.0 Å². The van der Waals surface area contributed by atoms with E-state index in [1.807, 2.05) is 0 Å². The van der Waals surface area contributed by atoms with E-state index in [-0.39, 0.29) is 16.5 Å². The fourth-order valence-electron chi connectivity index (χ4n) is 2.14. The molecular formula is C17H20N2O7S. The zero-order valence-corrected chi connectivity index (χ0v) is 15.9. The molecule has 0 bridgehead atoms. The highest BCUT2D eigenvalue weighted by Crippen LogP contribution is 2.17. The SMILES string of the molecule is CON(C)S(=O)(=O)c1cccc(C(=O)OCC(=O)N[C@H](C)c2ccco2)c1. The van der Waals surface area contributed by atoms with Crippen LogP contribution < -0.4 is 5.32 Å². The zero-order chi connectivity index (χ0) is 20.0. The molecule has 146 valence electrons. The third-order valence-electron chi connectivity index (χ3n) is 3.65. The van der Waals surface area contributed by atoms with Gasteiger partial charge in [-0.05, 0) is 37.3 Å². The summed E-state index contributed by atoms with van der Waals surface area (Å²) in [6.07, 6.45) is 1.49. The topological polar surface area (TPSA) is 115 Å². The summed E-state index contributed by atoms with van der Waals surface area (Å²) in [7, 11) is -1.47. The second-order valence-electron chi connectivity index (χ2n) is 5.51. The quantitative estimate of drug-likeness (QED) is 0.531. The molecular weight excluding hydrogens is 376 g/mol. The van der Waals surface area contributed by atoms with Crippen LogP contribution in [-0.4, -0.2) is 45.5 Å². The summed E-state index contributed by atoms with van der Waals surface area (Å²) in [6, 6.07) is 8.27. The average molecular weight is 396 g/mol. The van der Waals surface area contributed by atoms with E-state index >= 15 is 0 Å². The molecule has 0 aliphatic heterocycles. The first-order valence-corrected chi connectivity index (χ1v) is 9.32. The van der Waals surface area contributed by atoms with Gasteiger partial charge in [0.05, 0.1) is 29.9 Å². The third kappa shape index (κ3) is 5.16. The van der Waals surface area contributed by atoms with Gasteiger partial charge in [-0.3, -0.25) is 9.63 Å². The number of hydrogen-bond acceptors (Lipinski definition) is 7. The fourth-order valence-corrected chi connectivity index (χ4v) is 3.16. The molecule has 0 aliphatic carbocycles. The van der Waals surface area contributed by atoms with Crippen molar-refractivity contribution in [2.24, 2.45) is 0 Å². The maximum Gasteiger partial charge on any atom is 0.338 e. The van der Waals surface area contributed by atoms with E-state index in [9.17, 15) is 18.0 Å². The number of hydrogen-bond donors (Lipinski definition) is 1. The van der Waals surface area contributed by atoms with Crippen molar-refractivity contribution >= 4 is 21.9 Å². The number of hydroxylamine groups is 1. The molecule has 0 saturated heterocycles. The number of sulfonamides is 1. The highest BCUT2D eigenvalue weighted by atomic mass is 32.2. The number of rotatable bonds is 8. The molecule has 1 aromatic carbocycles. The van der Waals surface area contributed by atoms with Crippen molar-refractivity contribution in [3.8, 4) is 0 Å². The Morgan fingerprint density at radius 3 is 2.63 bits per heavy atom. The lowest BCUT2D eigenvalue weighted by Crippen LogP contribution is -2.31. The van der Waals surface area contributed by atoms with Crippen molar-refractivity contribution in [2.75, 3.05) is 20.8 Å². The maximum atomic E-state index is 12.2. The molecule has 27 heavy (non-hydrogen) atoms. The normalized spacial score (nSPS) is 12.6. The van der Waals surface area contributed by atoms with E-state index in [1.165, 1.54) is 38.6 Å². The molecule has 1 aromatic heterocycles. The molecule has 1 amide bonds. The summed E-state index contributed by atoms with van der Waals surface area (Å²) in [5.74, 6) is -0.780. The summed E-state index contributed by atoms with van der Waals surface area (Å²) >= 11 is 0. The van der Waals surface area contributed by atoms with Crippen LogP contribution in [0, 0.1) is 0 Å². The van der Waals surface area contributed by atoms with Gasteiger partial charge in [0.15, 0.2) is 6.61 Å². The van der Waals surface area contributed by atoms with Gasteiger partial charge in [-0.2, -0.15) is 0 Å². The van der Waals surface area contributed by atoms with Crippen LogP contribution in [0.3, 0.4) is 0 Å². The van der Waals surface area contributed by atoms with E-state index in [4.69, 9.17) is 9.15 Å². The van der Waals surface area contributed by atoms with E-state index in [0.717, 1.165) is 6.07 Å². The molecule has 0 unspecified atom stereocenters. The van der Waals surface area contributed by atoms with Gasteiger partial charge in [0, 0.05) is 7.05 Å². The summed E-state index contributed by atoms with van der Waals surface area (Å²) in [6.45, 7) is 1.21. The molecule has 1 atom stereocenters. The first-order chi connectivity index (χ1) is 12.8. The summed E-state index contributed by atoms with van der Waals surface area (Å²) in [5.41, 5.74) is -0.00698. The predicted octanol–water partition coefficient (Wildman–Crippen LogP) is 1.50. The number of amides is 1. The molecule has 10 heteroatoms. The molecule has 0 aliphatic rings. The Bertz CT molecular complexity index is 894. The van der Waals surface area contributed by atoms with Crippen LogP contribution in [0.5, 0.6) is 0 Å². The lowest BCUT2D eigenvalue weighted by atomic mass is 10.2. The van der Waals surface area contributed by atoms with E-state index in [0.29, 0.717) is 10.2 Å². The molecule has 0 saturated carbocycles. The number of carbonyl (C=O) groups is 2. The molecule has 9 nitrogen and oxygen atoms in total. The van der Waals surface area contributed by atoms with Gasteiger partial charge in [-0.25, -0.2) is 13.2 Å². The zero-order valence-electron chi connectivity index (χ0n) is 15.0. The lowest BCUT2D eigenvalue weighted by Gasteiger charge is -2.14. The predicted molar refractivity (Wildman–Crippen MR) is 93.9 cm³/mol. The Morgan fingerprint density at radius 1 is 1.26 bits per heavy atom. The van der Waals surface area contributed by atoms with Gasteiger partial charge in [-0.15, -0.1) is 0 Å². The van der Waals surface area contributed by atoms with Gasteiger partial charge in [0.2, 0.25) is 0 Å². The van der Waals surface area contributed by atoms with Crippen molar-refractivity contribution in [3.63, 3.8) is 0 Å². The van der Waals surface area contributed by atoms with Crippen molar-refractivity contribution in [3.05, 3.63) is 54.0 Å². The van der Waals surface area contributed by atoms with Crippen LogP contribution in [0.15, 0.2) is 52.0 Å². The van der Waals surface area contributed by atoms with Crippen LogP contribution >= 0.6 is 0 Å². The Hall–Kier alpha value is -2.69. The number of benzene rings is 1. The van der Waals surface area contributed by atoms with Gasteiger partial charge < -0.3 is 14.5 Å². The number of ether oxygens (including phenoxy) is 1. The summed E-state index contributed by atoms with van der Waals surface area (Å²) < 4.78 is 35.2. The molecule has 0 spiro atoms. The van der Waals surface area contributed by atoms with E-state index < -0.39 is 28.5 Å². The minimum Gasteiger partial charge on any atom is -0.467 e. The van der Waals surface area contributed by atoms with E-state index in [1.54, 1.807) is 19.1 Å². The van der Waals surface area contributed by atoms with Gasteiger partial charge in [-0.1, -0.05) is 10.5 Å². The second-order valence-corrected chi connectivity index (χ2v) is 7.44. The summed E-state index contributed by atoms with van der Waals surface area (Å²) in [4.78, 5) is 28.6. The van der Waals surface area contributed by atoms with E-state index in [2.05, 4.69) is 10.2 Å². The van der Waals surface area contributed by atoms with Crippen LogP contribution in [0.4, 0.5) is 0 Å². The molecule has 2 aromatic rings. The van der Waals surface area contributed by atoms with Gasteiger partial charge in [0.25, 0.3) is 15.9 Å². The number of nitrogens with one attached hydrogen (secondary N) is 1. The standard InChI is InChI=1S/C17H20N2O7S/c1-12(15-8-5-9-25-15)18-16(20)11-26-17(21)13-6-4-7-14(10-13)27(22,23)19(2)24-3/h4-10,12H,11H2,1-3H3,(H,18,20)/t12-/m1/s1. The van der Waals surface area contributed by atoms with Crippen LogP contribution in [-0.2, 0) is 24.4 Å². The number of esters is 1. The minimum absolute atomic E-state index is 0.00698. The summed E-state index contributed by atoms with van der Waals surface area (Å²) in [5, 5.41) is 2.62. The van der Waals surface area contributed by atoms with Crippen molar-refractivity contribution in [1.29, 1.82) is 0 Å². The largest absolute Gasteiger partial charge is 0.467 e. The molecule has 1 heterocycles. The van der Waals surface area contributed by atoms with Crippen molar-refractivity contribution in [2.45, 2.75) is 17.9 Å². The molecule has 0 radical (unpaired) electrons. The Kier molecular flexibility index (Phi) is 6.72. The number of carbonyl (C=O) groups excluding carboxylic acids is 2. The minimum atomic E-state index is -3.90. The second kappa shape index (κ2) is 8.80. The van der Waals surface area contributed by atoms with Crippen molar-refractivity contribution in [1.82, 2.24) is 9.79 Å². The third-order valence-corrected chi connectivity index (χ3v) is 5.32. The highest BCUT2D eigenvalue weighted by molar-refractivity contribution is 7.89. The maximum absolute atomic E-state index is 12.2. The van der Waals surface area contributed by atoms with Gasteiger partial charge >= 0.3 is 5.97 Å². The molecule has 1 N–H and O–H groups in total. The van der Waals surface area contributed by atoms with Crippen LogP contribution in [0.25, 0.3) is 0 Å². The Balaban J connectivity index is 1.98. The van der Waals surface area contributed by atoms with Crippen LogP contribution in [0.1, 0.15) is 29.1 Å². The smallest absolute Gasteiger partial charge is 0.338 e. The Labute approximate surface area is 156 Å². The van der Waals surface area contributed by atoms with Gasteiger partial charge in [0.1, 0.15) is 5.76 Å². The highest BCUT2D eigenvalue weighted by Gasteiger charge is 2.22. The first kappa shape index (κ1) is 20.6. The molecule has 0 fully saturated rings. The lowest BCUT2D eigenvalue weighted by molar-refractivity contribution is -0.125. The average Bonchev–Trinajstić information content (AvgIpc) is 3.20.